The molecule has 126 valence electrons. The standard InChI is InChI=1S/C14H25N5O2.ClH/c15-13(21)19-10-17-9-14(19)3-7-18(8-4-14)12(20)11-1-5-16-6-2-11;/h11,16-17H,1-10H2,(H2,15,21);1H. The van der Waals surface area contributed by atoms with Crippen LogP contribution in [-0.2, 0) is 4.79 Å². The predicted octanol–water partition coefficient (Wildman–Crippen LogP) is -0.290. The molecule has 0 aliphatic carbocycles. The van der Waals surface area contributed by atoms with Crippen LogP contribution < -0.4 is 16.4 Å². The van der Waals surface area contributed by atoms with Gasteiger partial charge < -0.3 is 20.9 Å². The topological polar surface area (TPSA) is 90.7 Å². The number of halogens is 1. The van der Waals surface area contributed by atoms with Crippen molar-refractivity contribution in [2.24, 2.45) is 11.7 Å². The summed E-state index contributed by atoms with van der Waals surface area (Å²) in [6.07, 6.45) is 3.52. The SMILES string of the molecule is Cl.NC(=O)N1CNCC12CCN(C(=O)C1CCNCC1)CC2. The highest BCUT2D eigenvalue weighted by Gasteiger charge is 2.46. The molecule has 1 spiro atoms. The fourth-order valence-corrected chi connectivity index (χ4v) is 3.89. The van der Waals surface area contributed by atoms with E-state index in [2.05, 4.69) is 10.6 Å². The van der Waals surface area contributed by atoms with Crippen molar-refractivity contribution < 1.29 is 9.59 Å². The zero-order chi connectivity index (χ0) is 14.9. The lowest BCUT2D eigenvalue weighted by molar-refractivity contribution is -0.138. The van der Waals surface area contributed by atoms with E-state index in [4.69, 9.17) is 5.73 Å². The van der Waals surface area contributed by atoms with E-state index in [1.807, 2.05) is 4.90 Å². The molecule has 3 fully saturated rings. The predicted molar refractivity (Wildman–Crippen MR) is 85.7 cm³/mol. The van der Waals surface area contributed by atoms with E-state index in [0.29, 0.717) is 12.6 Å². The summed E-state index contributed by atoms with van der Waals surface area (Å²) in [6.45, 7) is 4.65. The second-order valence-electron chi connectivity index (χ2n) is 6.43. The average Bonchev–Trinajstić information content (AvgIpc) is 2.92. The van der Waals surface area contributed by atoms with Crippen LogP contribution in [0.25, 0.3) is 0 Å². The highest BCUT2D eigenvalue weighted by Crippen LogP contribution is 2.32. The molecule has 3 amide bonds. The zero-order valence-corrected chi connectivity index (χ0v) is 13.7. The van der Waals surface area contributed by atoms with E-state index in [1.165, 1.54) is 0 Å². The molecule has 0 bridgehead atoms. The smallest absolute Gasteiger partial charge is 0.316 e. The molecule has 7 nitrogen and oxygen atoms in total. The molecule has 4 N–H and O–H groups in total. The van der Waals surface area contributed by atoms with E-state index in [1.54, 1.807) is 4.90 Å². The summed E-state index contributed by atoms with van der Waals surface area (Å²) in [6, 6.07) is -0.363. The first-order valence-corrected chi connectivity index (χ1v) is 7.90. The van der Waals surface area contributed by atoms with Gasteiger partial charge in [-0.2, -0.15) is 0 Å². The first-order valence-electron chi connectivity index (χ1n) is 7.90. The Balaban J connectivity index is 0.00000176. The van der Waals surface area contributed by atoms with E-state index >= 15 is 0 Å². The van der Waals surface area contributed by atoms with Gasteiger partial charge in [0.25, 0.3) is 0 Å². The lowest BCUT2D eigenvalue weighted by atomic mass is 9.86. The summed E-state index contributed by atoms with van der Waals surface area (Å²) in [5, 5.41) is 6.53. The van der Waals surface area contributed by atoms with Gasteiger partial charge in [0.1, 0.15) is 0 Å². The molecular formula is C14H26ClN5O2. The van der Waals surface area contributed by atoms with Crippen molar-refractivity contribution in [2.75, 3.05) is 39.4 Å². The molecule has 3 aliphatic rings. The minimum atomic E-state index is -0.363. The molecule has 0 saturated carbocycles. The summed E-state index contributed by atoms with van der Waals surface area (Å²) in [5.41, 5.74) is 5.29. The number of hydrogen-bond acceptors (Lipinski definition) is 4. The first kappa shape index (κ1) is 17.3. The van der Waals surface area contributed by atoms with Gasteiger partial charge in [-0.15, -0.1) is 12.4 Å². The lowest BCUT2D eigenvalue weighted by Gasteiger charge is -2.44. The molecule has 0 aromatic carbocycles. The van der Waals surface area contributed by atoms with Crippen molar-refractivity contribution in [2.45, 2.75) is 31.2 Å². The molecule has 0 aromatic rings. The number of piperidine rings is 2. The quantitative estimate of drug-likeness (QED) is 0.616. The second-order valence-corrected chi connectivity index (χ2v) is 6.43. The van der Waals surface area contributed by atoms with E-state index < -0.39 is 0 Å². The third kappa shape index (κ3) is 3.16. The van der Waals surface area contributed by atoms with Crippen molar-refractivity contribution in [1.29, 1.82) is 0 Å². The number of nitrogens with two attached hydrogens (primary N) is 1. The molecular weight excluding hydrogens is 306 g/mol. The number of nitrogens with zero attached hydrogens (tertiary/aromatic N) is 2. The number of rotatable bonds is 1. The van der Waals surface area contributed by atoms with Gasteiger partial charge in [0, 0.05) is 25.6 Å². The Bertz CT molecular complexity index is 419. The van der Waals surface area contributed by atoms with Crippen LogP contribution in [0.2, 0.25) is 0 Å². The summed E-state index contributed by atoms with van der Waals surface area (Å²) in [5.74, 6) is 0.470. The lowest BCUT2D eigenvalue weighted by Crippen LogP contribution is -2.58. The van der Waals surface area contributed by atoms with Crippen LogP contribution in [0.5, 0.6) is 0 Å². The first-order chi connectivity index (χ1) is 10.1. The molecule has 3 heterocycles. The van der Waals surface area contributed by atoms with Crippen LogP contribution in [0.1, 0.15) is 25.7 Å². The van der Waals surface area contributed by atoms with Gasteiger partial charge in [0.15, 0.2) is 0 Å². The number of amides is 3. The summed E-state index contributed by atoms with van der Waals surface area (Å²) in [4.78, 5) is 27.8. The number of carbonyl (C=O) groups excluding carboxylic acids is 2. The molecule has 0 unspecified atom stereocenters. The molecule has 22 heavy (non-hydrogen) atoms. The Labute approximate surface area is 137 Å². The van der Waals surface area contributed by atoms with Crippen LogP contribution in [0.15, 0.2) is 0 Å². The molecule has 0 aromatic heterocycles. The molecule has 3 aliphatic heterocycles. The normalized spacial score (nSPS) is 25.1. The van der Waals surface area contributed by atoms with Crippen molar-refractivity contribution in [3.63, 3.8) is 0 Å². The van der Waals surface area contributed by atoms with Gasteiger partial charge in [-0.1, -0.05) is 0 Å². The monoisotopic (exact) mass is 331 g/mol. The van der Waals surface area contributed by atoms with Gasteiger partial charge in [-0.3, -0.25) is 10.1 Å². The van der Waals surface area contributed by atoms with Crippen molar-refractivity contribution in [1.82, 2.24) is 20.4 Å². The summed E-state index contributed by atoms with van der Waals surface area (Å²) < 4.78 is 0. The fourth-order valence-electron chi connectivity index (χ4n) is 3.89. The number of carbonyl (C=O) groups is 2. The van der Waals surface area contributed by atoms with Crippen molar-refractivity contribution in [3.8, 4) is 0 Å². The second kappa shape index (κ2) is 7.02. The Morgan fingerprint density at radius 2 is 1.73 bits per heavy atom. The van der Waals surface area contributed by atoms with E-state index in [9.17, 15) is 9.59 Å². The molecule has 3 saturated heterocycles. The van der Waals surface area contributed by atoms with Gasteiger partial charge >= 0.3 is 6.03 Å². The molecule has 0 radical (unpaired) electrons. The van der Waals surface area contributed by atoms with E-state index in [-0.39, 0.29) is 29.9 Å². The van der Waals surface area contributed by atoms with Gasteiger partial charge in [-0.05, 0) is 38.8 Å². The zero-order valence-electron chi connectivity index (χ0n) is 12.8. The third-order valence-electron chi connectivity index (χ3n) is 5.26. The third-order valence-corrected chi connectivity index (χ3v) is 5.26. The number of hydrogen-bond donors (Lipinski definition) is 3. The minimum Gasteiger partial charge on any atom is -0.351 e. The van der Waals surface area contributed by atoms with Crippen molar-refractivity contribution >= 4 is 24.3 Å². The highest BCUT2D eigenvalue weighted by atomic mass is 35.5. The van der Waals surface area contributed by atoms with E-state index in [0.717, 1.165) is 58.4 Å². The summed E-state index contributed by atoms with van der Waals surface area (Å²) in [7, 11) is 0. The fraction of sp³-hybridized carbons (Fsp3) is 0.857. The highest BCUT2D eigenvalue weighted by molar-refractivity contribution is 5.85. The van der Waals surface area contributed by atoms with Crippen LogP contribution >= 0.6 is 12.4 Å². The Kier molecular flexibility index (Phi) is 5.52. The number of urea groups is 1. The van der Waals surface area contributed by atoms with Gasteiger partial charge in [-0.25, -0.2) is 4.79 Å². The maximum absolute atomic E-state index is 12.5. The molecule has 3 rings (SSSR count). The Hall–Kier alpha value is -1.05. The van der Waals surface area contributed by atoms with Crippen molar-refractivity contribution in [3.05, 3.63) is 0 Å². The maximum Gasteiger partial charge on any atom is 0.316 e. The minimum absolute atomic E-state index is 0. The van der Waals surface area contributed by atoms with Crippen LogP contribution in [0.3, 0.4) is 0 Å². The van der Waals surface area contributed by atoms with Gasteiger partial charge in [0.2, 0.25) is 5.91 Å². The van der Waals surface area contributed by atoms with Gasteiger partial charge in [0.05, 0.1) is 12.2 Å². The Morgan fingerprint density at radius 1 is 1.09 bits per heavy atom. The number of likely N-dealkylation sites (tertiary alicyclic amines) is 1. The van der Waals surface area contributed by atoms with Crippen LogP contribution in [0.4, 0.5) is 4.79 Å². The molecule has 0 atom stereocenters. The largest absolute Gasteiger partial charge is 0.351 e. The molecule has 8 heteroatoms. The maximum atomic E-state index is 12.5. The number of primary amides is 1. The van der Waals surface area contributed by atoms with Crippen LogP contribution in [0, 0.1) is 5.92 Å². The summed E-state index contributed by atoms with van der Waals surface area (Å²) >= 11 is 0. The van der Waals surface area contributed by atoms with Crippen LogP contribution in [-0.4, -0.2) is 66.7 Å². The number of nitrogens with one attached hydrogen (secondary N) is 2. The Morgan fingerprint density at radius 3 is 2.32 bits per heavy atom. The average molecular weight is 332 g/mol.